The molecule has 0 spiro atoms. The lowest BCUT2D eigenvalue weighted by Crippen LogP contribution is -2.61. The maximum atomic E-state index is 13.2. The molecule has 0 radical (unpaired) electrons. The second-order valence-electron chi connectivity index (χ2n) is 8.41. The zero-order valence-electron chi connectivity index (χ0n) is 20.5. The molecule has 37 heavy (non-hydrogen) atoms. The SMILES string of the molecule is CCSC1OC(CO)C(OCc2ccccc2)C(OC(=O)c2ccccc2)C1OC(=O)c1ccccc1. The molecule has 8 heteroatoms. The number of thioether (sulfide) groups is 1. The molecule has 1 fully saturated rings. The van der Waals surface area contributed by atoms with Gasteiger partial charge in [-0.1, -0.05) is 73.7 Å². The Hall–Kier alpha value is -3.17. The van der Waals surface area contributed by atoms with Gasteiger partial charge in [0.25, 0.3) is 0 Å². The number of esters is 2. The van der Waals surface area contributed by atoms with Gasteiger partial charge in [0.2, 0.25) is 0 Å². The van der Waals surface area contributed by atoms with Crippen molar-refractivity contribution in [2.24, 2.45) is 0 Å². The Morgan fingerprint density at radius 1 is 0.784 bits per heavy atom. The fourth-order valence-electron chi connectivity index (χ4n) is 4.08. The van der Waals surface area contributed by atoms with E-state index in [0.29, 0.717) is 16.9 Å². The summed E-state index contributed by atoms with van der Waals surface area (Å²) in [5.74, 6) is -0.503. The summed E-state index contributed by atoms with van der Waals surface area (Å²) in [6.45, 7) is 1.77. The summed E-state index contributed by atoms with van der Waals surface area (Å²) >= 11 is 1.40. The van der Waals surface area contributed by atoms with Crippen molar-refractivity contribution in [2.45, 2.75) is 43.4 Å². The van der Waals surface area contributed by atoms with Crippen molar-refractivity contribution in [3.8, 4) is 0 Å². The van der Waals surface area contributed by atoms with Gasteiger partial charge in [0, 0.05) is 0 Å². The van der Waals surface area contributed by atoms with Gasteiger partial charge in [-0.2, -0.15) is 0 Å². The summed E-state index contributed by atoms with van der Waals surface area (Å²) in [6.07, 6.45) is -3.69. The predicted octanol–water partition coefficient (Wildman–Crippen LogP) is 4.49. The van der Waals surface area contributed by atoms with Crippen LogP contribution in [0, 0.1) is 0 Å². The van der Waals surface area contributed by atoms with E-state index >= 15 is 0 Å². The molecule has 1 heterocycles. The molecule has 1 aliphatic heterocycles. The Morgan fingerprint density at radius 3 is 1.81 bits per heavy atom. The Bertz CT molecular complexity index is 1130. The maximum Gasteiger partial charge on any atom is 0.338 e. The number of carbonyl (C=O) groups excluding carboxylic acids is 2. The highest BCUT2D eigenvalue weighted by Gasteiger charge is 2.51. The summed E-state index contributed by atoms with van der Waals surface area (Å²) in [6, 6.07) is 26.7. The van der Waals surface area contributed by atoms with E-state index in [1.54, 1.807) is 60.7 Å². The van der Waals surface area contributed by atoms with Crippen molar-refractivity contribution in [3.05, 3.63) is 108 Å². The first kappa shape index (κ1) is 26.9. The zero-order chi connectivity index (χ0) is 26.0. The van der Waals surface area contributed by atoms with Crippen molar-refractivity contribution in [1.82, 2.24) is 0 Å². The fraction of sp³-hybridized carbons (Fsp3) is 0.310. The van der Waals surface area contributed by atoms with Gasteiger partial charge in [-0.25, -0.2) is 9.59 Å². The maximum absolute atomic E-state index is 13.2. The van der Waals surface area contributed by atoms with Crippen molar-refractivity contribution in [2.75, 3.05) is 12.4 Å². The third kappa shape index (κ3) is 6.99. The number of benzene rings is 3. The topological polar surface area (TPSA) is 91.3 Å². The minimum absolute atomic E-state index is 0.190. The van der Waals surface area contributed by atoms with Crippen LogP contribution in [0.1, 0.15) is 33.2 Å². The van der Waals surface area contributed by atoms with Crippen LogP contribution in [0.2, 0.25) is 0 Å². The van der Waals surface area contributed by atoms with Crippen molar-refractivity contribution in [3.63, 3.8) is 0 Å². The zero-order valence-corrected chi connectivity index (χ0v) is 21.3. The molecule has 3 aromatic carbocycles. The van der Waals surface area contributed by atoms with Gasteiger partial charge in [-0.05, 0) is 35.6 Å². The highest BCUT2D eigenvalue weighted by atomic mass is 32.2. The first-order chi connectivity index (χ1) is 18.1. The van der Waals surface area contributed by atoms with Crippen molar-refractivity contribution in [1.29, 1.82) is 0 Å². The number of hydrogen-bond acceptors (Lipinski definition) is 8. The van der Waals surface area contributed by atoms with Crippen LogP contribution in [-0.4, -0.2) is 59.3 Å². The van der Waals surface area contributed by atoms with E-state index in [2.05, 4.69) is 0 Å². The third-order valence-electron chi connectivity index (χ3n) is 5.89. The van der Waals surface area contributed by atoms with Gasteiger partial charge < -0.3 is 24.1 Å². The molecular weight excluding hydrogens is 492 g/mol. The average molecular weight is 523 g/mol. The minimum Gasteiger partial charge on any atom is -0.452 e. The van der Waals surface area contributed by atoms with Gasteiger partial charge in [0.05, 0.1) is 24.3 Å². The van der Waals surface area contributed by atoms with Gasteiger partial charge in [-0.15, -0.1) is 11.8 Å². The molecule has 0 aliphatic carbocycles. The number of aliphatic hydroxyl groups excluding tert-OH is 1. The lowest BCUT2D eigenvalue weighted by molar-refractivity contribution is -0.224. The lowest BCUT2D eigenvalue weighted by Gasteiger charge is -2.44. The molecule has 7 nitrogen and oxygen atoms in total. The molecular formula is C29H30O7S. The normalized spacial score (nSPS) is 23.2. The van der Waals surface area contributed by atoms with Crippen LogP contribution in [0.25, 0.3) is 0 Å². The highest BCUT2D eigenvalue weighted by Crippen LogP contribution is 2.35. The number of hydrogen-bond donors (Lipinski definition) is 1. The van der Waals surface area contributed by atoms with E-state index < -0.39 is 41.8 Å². The predicted molar refractivity (Wildman–Crippen MR) is 140 cm³/mol. The molecule has 5 atom stereocenters. The van der Waals surface area contributed by atoms with Crippen LogP contribution in [0.4, 0.5) is 0 Å². The van der Waals surface area contributed by atoms with Crippen LogP contribution in [0.15, 0.2) is 91.0 Å². The first-order valence-corrected chi connectivity index (χ1v) is 13.2. The smallest absolute Gasteiger partial charge is 0.338 e. The highest BCUT2D eigenvalue weighted by molar-refractivity contribution is 7.99. The summed E-state index contributed by atoms with van der Waals surface area (Å²) in [4.78, 5) is 26.2. The van der Waals surface area contributed by atoms with Crippen LogP contribution in [0.3, 0.4) is 0 Å². The molecule has 194 valence electrons. The van der Waals surface area contributed by atoms with Crippen LogP contribution in [0.5, 0.6) is 0 Å². The number of ether oxygens (including phenoxy) is 4. The van der Waals surface area contributed by atoms with Crippen LogP contribution >= 0.6 is 11.8 Å². The second-order valence-corrected chi connectivity index (χ2v) is 9.79. The van der Waals surface area contributed by atoms with E-state index in [-0.39, 0.29) is 13.2 Å². The Balaban J connectivity index is 1.66. The fourth-order valence-corrected chi connectivity index (χ4v) is 5.03. The standard InChI is InChI=1S/C29H30O7S/c1-2-37-29-26(36-28(32)22-16-10-5-11-17-22)25(35-27(31)21-14-8-4-9-15-21)24(23(18-30)34-29)33-19-20-12-6-3-7-13-20/h3-17,23-26,29-30H,2,18-19H2,1H3. The molecule has 1 aliphatic rings. The molecule has 5 unspecified atom stereocenters. The summed E-state index contributed by atoms with van der Waals surface area (Å²) in [5.41, 5.74) is 0.932. The second kappa shape index (κ2) is 13.4. The quantitative estimate of drug-likeness (QED) is 0.390. The third-order valence-corrected chi connectivity index (χ3v) is 6.93. The van der Waals surface area contributed by atoms with Gasteiger partial charge in [0.15, 0.2) is 12.2 Å². The molecule has 0 saturated carbocycles. The Labute approximate surface area is 220 Å². The Morgan fingerprint density at radius 2 is 1.30 bits per heavy atom. The van der Waals surface area contributed by atoms with Crippen LogP contribution in [-0.2, 0) is 25.6 Å². The average Bonchev–Trinajstić information content (AvgIpc) is 2.95. The number of aliphatic hydroxyl groups is 1. The van der Waals surface area contributed by atoms with Gasteiger partial charge >= 0.3 is 11.9 Å². The van der Waals surface area contributed by atoms with Gasteiger partial charge in [0.1, 0.15) is 17.6 Å². The van der Waals surface area contributed by atoms with E-state index in [9.17, 15) is 14.7 Å². The summed E-state index contributed by atoms with van der Waals surface area (Å²) < 4.78 is 24.3. The molecule has 0 amide bonds. The summed E-state index contributed by atoms with van der Waals surface area (Å²) in [5, 5.41) is 10.2. The lowest BCUT2D eigenvalue weighted by atomic mass is 9.99. The largest absolute Gasteiger partial charge is 0.452 e. The molecule has 1 saturated heterocycles. The number of carbonyl (C=O) groups is 2. The molecule has 3 aromatic rings. The minimum atomic E-state index is -1.03. The molecule has 1 N–H and O–H groups in total. The van der Waals surface area contributed by atoms with E-state index in [1.165, 1.54) is 11.8 Å². The van der Waals surface area contributed by atoms with E-state index in [0.717, 1.165) is 5.56 Å². The molecule has 0 aromatic heterocycles. The first-order valence-electron chi connectivity index (χ1n) is 12.2. The summed E-state index contributed by atoms with van der Waals surface area (Å²) in [7, 11) is 0. The molecule has 4 rings (SSSR count). The van der Waals surface area contributed by atoms with Crippen LogP contribution < -0.4 is 0 Å². The molecule has 0 bridgehead atoms. The van der Waals surface area contributed by atoms with Crippen molar-refractivity contribution >= 4 is 23.7 Å². The van der Waals surface area contributed by atoms with E-state index in [4.69, 9.17) is 18.9 Å². The van der Waals surface area contributed by atoms with E-state index in [1.807, 2.05) is 37.3 Å². The monoisotopic (exact) mass is 522 g/mol. The number of rotatable bonds is 10. The Kier molecular flexibility index (Phi) is 9.73. The van der Waals surface area contributed by atoms with Crippen molar-refractivity contribution < 1.29 is 33.6 Å². The van der Waals surface area contributed by atoms with Gasteiger partial charge in [-0.3, -0.25) is 0 Å².